The van der Waals surface area contributed by atoms with Crippen molar-refractivity contribution in [2.75, 3.05) is 13.1 Å². The molecule has 0 saturated carbocycles. The first-order valence-electron chi connectivity index (χ1n) is 8.65. The van der Waals surface area contributed by atoms with E-state index >= 15 is 0 Å². The van der Waals surface area contributed by atoms with Crippen molar-refractivity contribution in [2.24, 2.45) is 0 Å². The topological polar surface area (TPSA) is 50.2 Å². The minimum absolute atomic E-state index is 0.130. The summed E-state index contributed by atoms with van der Waals surface area (Å²) in [5.74, 6) is 0.130. The van der Waals surface area contributed by atoms with E-state index in [1.807, 2.05) is 24.6 Å². The highest BCUT2D eigenvalue weighted by Gasteiger charge is 2.21. The standard InChI is InChI=1S/C18H26N4OS/c1-14-11-15(2)22(20-14)9-7-18(23)19-16-5-3-8-21(12-16)13-17-6-4-10-24-17/h4,6,10-11,16H,3,5,7-9,12-13H2,1-2H3,(H,19,23)/t16-/m1/s1. The molecule has 130 valence electrons. The van der Waals surface area contributed by atoms with Gasteiger partial charge < -0.3 is 5.32 Å². The average molecular weight is 347 g/mol. The Hall–Kier alpha value is -1.66. The van der Waals surface area contributed by atoms with Crippen molar-refractivity contribution < 1.29 is 4.79 Å². The summed E-state index contributed by atoms with van der Waals surface area (Å²) in [4.78, 5) is 16.1. The Morgan fingerprint density at radius 3 is 3.04 bits per heavy atom. The van der Waals surface area contributed by atoms with Gasteiger partial charge in [-0.25, -0.2) is 0 Å². The smallest absolute Gasteiger partial charge is 0.222 e. The number of aromatic nitrogens is 2. The van der Waals surface area contributed by atoms with E-state index in [0.29, 0.717) is 13.0 Å². The third-order valence-electron chi connectivity index (χ3n) is 4.48. The molecule has 1 amide bonds. The number of thiophene rings is 1. The molecular weight excluding hydrogens is 320 g/mol. The van der Waals surface area contributed by atoms with Crippen LogP contribution in [0.15, 0.2) is 23.6 Å². The fourth-order valence-electron chi connectivity index (χ4n) is 3.35. The Labute approximate surface area is 147 Å². The second kappa shape index (κ2) is 7.94. The van der Waals surface area contributed by atoms with Gasteiger partial charge in [0.25, 0.3) is 0 Å². The number of nitrogens with zero attached hydrogens (tertiary/aromatic N) is 3. The molecule has 3 heterocycles. The van der Waals surface area contributed by atoms with E-state index in [-0.39, 0.29) is 11.9 Å². The summed E-state index contributed by atoms with van der Waals surface area (Å²) in [6.07, 6.45) is 2.71. The number of amides is 1. The minimum Gasteiger partial charge on any atom is -0.352 e. The third kappa shape index (κ3) is 4.68. The highest BCUT2D eigenvalue weighted by Crippen LogP contribution is 2.17. The lowest BCUT2D eigenvalue weighted by Gasteiger charge is -2.32. The maximum Gasteiger partial charge on any atom is 0.222 e. The third-order valence-corrected chi connectivity index (χ3v) is 5.35. The molecule has 1 atom stereocenters. The van der Waals surface area contributed by atoms with Crippen molar-refractivity contribution >= 4 is 17.2 Å². The van der Waals surface area contributed by atoms with Gasteiger partial charge in [0.05, 0.1) is 5.69 Å². The van der Waals surface area contributed by atoms with Crippen LogP contribution in [0.4, 0.5) is 0 Å². The van der Waals surface area contributed by atoms with Gasteiger partial charge in [0.15, 0.2) is 0 Å². The molecule has 0 aromatic carbocycles. The molecule has 0 bridgehead atoms. The van der Waals surface area contributed by atoms with E-state index in [9.17, 15) is 4.79 Å². The molecule has 1 saturated heterocycles. The molecule has 1 aliphatic heterocycles. The van der Waals surface area contributed by atoms with E-state index in [0.717, 1.165) is 43.9 Å². The van der Waals surface area contributed by atoms with Crippen molar-refractivity contribution in [2.45, 2.75) is 52.2 Å². The number of hydrogen-bond donors (Lipinski definition) is 1. The molecule has 3 rings (SSSR count). The Morgan fingerprint density at radius 1 is 1.46 bits per heavy atom. The summed E-state index contributed by atoms with van der Waals surface area (Å²) < 4.78 is 1.92. The Bertz CT molecular complexity index is 665. The van der Waals surface area contributed by atoms with Gasteiger partial charge in [-0.2, -0.15) is 5.10 Å². The van der Waals surface area contributed by atoms with Crippen molar-refractivity contribution in [3.63, 3.8) is 0 Å². The highest BCUT2D eigenvalue weighted by atomic mass is 32.1. The Kier molecular flexibility index (Phi) is 5.68. The van der Waals surface area contributed by atoms with Crippen LogP contribution in [0.25, 0.3) is 0 Å². The van der Waals surface area contributed by atoms with E-state index in [2.05, 4.69) is 32.8 Å². The van der Waals surface area contributed by atoms with Crippen molar-refractivity contribution in [3.05, 3.63) is 39.8 Å². The number of nitrogens with one attached hydrogen (secondary N) is 1. The summed E-state index contributed by atoms with van der Waals surface area (Å²) in [5, 5.41) is 9.74. The lowest BCUT2D eigenvalue weighted by Crippen LogP contribution is -2.47. The van der Waals surface area contributed by atoms with Crippen molar-refractivity contribution in [3.8, 4) is 0 Å². The van der Waals surface area contributed by atoms with Crippen molar-refractivity contribution in [1.82, 2.24) is 20.0 Å². The predicted molar refractivity (Wildman–Crippen MR) is 97.1 cm³/mol. The number of hydrogen-bond acceptors (Lipinski definition) is 4. The zero-order valence-electron chi connectivity index (χ0n) is 14.5. The maximum absolute atomic E-state index is 12.3. The van der Waals surface area contributed by atoms with Gasteiger partial charge in [-0.15, -0.1) is 11.3 Å². The zero-order chi connectivity index (χ0) is 16.9. The monoisotopic (exact) mass is 346 g/mol. The number of likely N-dealkylation sites (tertiary alicyclic amines) is 1. The van der Waals surface area contributed by atoms with Crippen LogP contribution < -0.4 is 5.32 Å². The molecule has 6 heteroatoms. The van der Waals surface area contributed by atoms with Crippen LogP contribution in [0.5, 0.6) is 0 Å². The molecule has 0 aliphatic carbocycles. The van der Waals surface area contributed by atoms with E-state index < -0.39 is 0 Å². The van der Waals surface area contributed by atoms with Crippen molar-refractivity contribution in [1.29, 1.82) is 0 Å². The second-order valence-electron chi connectivity index (χ2n) is 6.62. The first-order valence-corrected chi connectivity index (χ1v) is 9.53. The van der Waals surface area contributed by atoms with Crippen LogP contribution in [0.1, 0.15) is 35.5 Å². The fraction of sp³-hybridized carbons (Fsp3) is 0.556. The van der Waals surface area contributed by atoms with Gasteiger partial charge in [-0.3, -0.25) is 14.4 Å². The van der Waals surface area contributed by atoms with Crippen LogP contribution in [-0.2, 0) is 17.9 Å². The normalized spacial score (nSPS) is 18.7. The first kappa shape index (κ1) is 17.2. The molecule has 24 heavy (non-hydrogen) atoms. The Balaban J connectivity index is 1.44. The van der Waals surface area contributed by atoms with Gasteiger partial charge in [0.2, 0.25) is 5.91 Å². The fourth-order valence-corrected chi connectivity index (χ4v) is 4.09. The quantitative estimate of drug-likeness (QED) is 0.875. The van der Waals surface area contributed by atoms with E-state index in [1.165, 1.54) is 4.88 Å². The number of aryl methyl sites for hydroxylation is 3. The van der Waals surface area contributed by atoms with Crippen LogP contribution in [0, 0.1) is 13.8 Å². The maximum atomic E-state index is 12.3. The van der Waals surface area contributed by atoms with Crippen LogP contribution in [-0.4, -0.2) is 39.7 Å². The average Bonchev–Trinajstić information content (AvgIpc) is 3.15. The summed E-state index contributed by atoms with van der Waals surface area (Å²) in [7, 11) is 0. The molecule has 0 spiro atoms. The van der Waals surface area contributed by atoms with Crippen LogP contribution in [0.3, 0.4) is 0 Å². The van der Waals surface area contributed by atoms with Gasteiger partial charge >= 0.3 is 0 Å². The number of piperidine rings is 1. The van der Waals surface area contributed by atoms with Gasteiger partial charge in [-0.05, 0) is 50.7 Å². The Morgan fingerprint density at radius 2 is 2.33 bits per heavy atom. The second-order valence-corrected chi connectivity index (χ2v) is 7.65. The van der Waals surface area contributed by atoms with Gasteiger partial charge in [-0.1, -0.05) is 6.07 Å². The SMILES string of the molecule is Cc1cc(C)n(CCC(=O)N[C@@H]2CCCN(Cc3cccs3)C2)n1. The summed E-state index contributed by atoms with van der Waals surface area (Å²) in [6.45, 7) is 7.72. The molecule has 5 nitrogen and oxygen atoms in total. The van der Waals surface area contributed by atoms with Crippen LogP contribution in [0.2, 0.25) is 0 Å². The predicted octanol–water partition coefficient (Wildman–Crippen LogP) is 2.73. The number of carbonyl (C=O) groups is 1. The largest absolute Gasteiger partial charge is 0.352 e. The first-order chi connectivity index (χ1) is 11.6. The zero-order valence-corrected chi connectivity index (χ0v) is 15.3. The molecule has 1 aliphatic rings. The number of rotatable bonds is 6. The molecule has 0 unspecified atom stereocenters. The van der Waals surface area contributed by atoms with E-state index in [1.54, 1.807) is 11.3 Å². The molecule has 1 N–H and O–H groups in total. The molecule has 2 aromatic rings. The van der Waals surface area contributed by atoms with Crippen LogP contribution >= 0.6 is 11.3 Å². The summed E-state index contributed by atoms with van der Waals surface area (Å²) >= 11 is 1.80. The molecule has 2 aromatic heterocycles. The molecule has 0 radical (unpaired) electrons. The summed E-state index contributed by atoms with van der Waals surface area (Å²) in [5.41, 5.74) is 2.12. The highest BCUT2D eigenvalue weighted by molar-refractivity contribution is 7.09. The van der Waals surface area contributed by atoms with Gasteiger partial charge in [0, 0.05) is 42.7 Å². The van der Waals surface area contributed by atoms with E-state index in [4.69, 9.17) is 0 Å². The lowest BCUT2D eigenvalue weighted by atomic mass is 10.1. The van der Waals surface area contributed by atoms with Gasteiger partial charge in [0.1, 0.15) is 0 Å². The lowest BCUT2D eigenvalue weighted by molar-refractivity contribution is -0.122. The summed E-state index contributed by atoms with van der Waals surface area (Å²) in [6, 6.07) is 6.59. The molecule has 1 fully saturated rings. The molecular formula is C18H26N4OS. The number of carbonyl (C=O) groups excluding carboxylic acids is 1. The minimum atomic E-state index is 0.130.